The fourth-order valence-corrected chi connectivity index (χ4v) is 6.94. The topological polar surface area (TPSA) is 86.8 Å². The van der Waals surface area contributed by atoms with Crippen LogP contribution in [0.5, 0.6) is 0 Å². The minimum Gasteiger partial charge on any atom is -0.380 e. The SMILES string of the molecule is COC1CC(CNC(=O)C2CC(CNC3=NCCN3)CC(C3CNCCC3C)C2)CCC1Cl. The molecule has 0 bridgehead atoms. The van der Waals surface area contributed by atoms with Crippen LogP contribution in [0.15, 0.2) is 4.99 Å². The minimum absolute atomic E-state index is 0.0966. The number of amides is 1. The molecule has 0 aromatic heterocycles. The first-order valence-electron chi connectivity index (χ1n) is 13.2. The first-order valence-corrected chi connectivity index (χ1v) is 13.6. The van der Waals surface area contributed by atoms with Gasteiger partial charge in [-0.1, -0.05) is 6.92 Å². The monoisotopic (exact) mass is 481 g/mol. The molecule has 4 aliphatic rings. The quantitative estimate of drug-likeness (QED) is 0.419. The van der Waals surface area contributed by atoms with Crippen LogP contribution in [0, 0.1) is 35.5 Å². The first kappa shape index (κ1) is 25.1. The largest absolute Gasteiger partial charge is 0.380 e. The Labute approximate surface area is 204 Å². The van der Waals surface area contributed by atoms with Gasteiger partial charge in [0.25, 0.3) is 0 Å². The average Bonchev–Trinajstić information content (AvgIpc) is 3.36. The van der Waals surface area contributed by atoms with E-state index in [0.717, 1.165) is 83.3 Å². The lowest BCUT2D eigenvalue weighted by atomic mass is 9.66. The van der Waals surface area contributed by atoms with Crippen LogP contribution in [0.2, 0.25) is 0 Å². The van der Waals surface area contributed by atoms with Gasteiger partial charge in [-0.25, -0.2) is 0 Å². The number of ether oxygens (including phenoxy) is 1. The highest BCUT2D eigenvalue weighted by Crippen LogP contribution is 2.41. The van der Waals surface area contributed by atoms with Gasteiger partial charge in [-0.3, -0.25) is 9.79 Å². The second kappa shape index (κ2) is 12.1. The lowest BCUT2D eigenvalue weighted by Gasteiger charge is -2.42. The zero-order valence-electron chi connectivity index (χ0n) is 20.5. The summed E-state index contributed by atoms with van der Waals surface area (Å²) in [5.41, 5.74) is 0. The van der Waals surface area contributed by atoms with Gasteiger partial charge in [0.1, 0.15) is 0 Å². The normalized spacial score (nSPS) is 39.4. The van der Waals surface area contributed by atoms with Crippen LogP contribution in [0.1, 0.15) is 51.9 Å². The average molecular weight is 482 g/mol. The highest BCUT2D eigenvalue weighted by molar-refractivity contribution is 6.21. The summed E-state index contributed by atoms with van der Waals surface area (Å²) < 4.78 is 5.56. The summed E-state index contributed by atoms with van der Waals surface area (Å²) in [6.07, 6.45) is 7.50. The number of piperidine rings is 1. The molecule has 188 valence electrons. The summed E-state index contributed by atoms with van der Waals surface area (Å²) in [6.45, 7) is 8.03. The van der Waals surface area contributed by atoms with Gasteiger partial charge in [-0.15, -0.1) is 11.6 Å². The third kappa shape index (κ3) is 6.76. The molecule has 33 heavy (non-hydrogen) atoms. The Bertz CT molecular complexity index is 677. The fourth-order valence-electron chi connectivity index (χ4n) is 6.61. The summed E-state index contributed by atoms with van der Waals surface area (Å²) in [7, 11) is 1.74. The zero-order valence-corrected chi connectivity index (χ0v) is 21.2. The number of carbonyl (C=O) groups is 1. The Kier molecular flexibility index (Phi) is 9.17. The lowest BCUT2D eigenvalue weighted by molar-refractivity contribution is -0.128. The molecule has 2 aliphatic heterocycles. The van der Waals surface area contributed by atoms with E-state index in [4.69, 9.17) is 16.3 Å². The Hall–Kier alpha value is -1.05. The molecule has 8 unspecified atom stereocenters. The highest BCUT2D eigenvalue weighted by Gasteiger charge is 2.39. The van der Waals surface area contributed by atoms with Crippen LogP contribution < -0.4 is 21.3 Å². The fraction of sp³-hybridized carbons (Fsp3) is 0.920. The van der Waals surface area contributed by atoms with E-state index in [1.807, 2.05) is 0 Å². The van der Waals surface area contributed by atoms with Crippen LogP contribution in [0.25, 0.3) is 0 Å². The molecule has 0 spiro atoms. The molecule has 0 aromatic rings. The van der Waals surface area contributed by atoms with Crippen molar-refractivity contribution in [2.45, 2.75) is 63.4 Å². The van der Waals surface area contributed by atoms with Crippen LogP contribution in [0.4, 0.5) is 0 Å². The number of nitrogens with zero attached hydrogens (tertiary/aromatic N) is 1. The van der Waals surface area contributed by atoms with Crippen molar-refractivity contribution in [3.05, 3.63) is 0 Å². The van der Waals surface area contributed by atoms with Gasteiger partial charge in [-0.2, -0.15) is 0 Å². The van der Waals surface area contributed by atoms with Gasteiger partial charge in [0.2, 0.25) is 5.91 Å². The number of nitrogens with one attached hydrogen (secondary N) is 4. The standard InChI is InChI=1S/C25H44ClN5O2/c1-16-5-6-27-15-21(16)19-9-18(14-31-25-28-7-8-29-25)10-20(12-19)24(32)30-13-17-3-4-22(26)23(11-17)33-2/h16-23,27H,3-15H2,1-2H3,(H,30,32)(H2,28,29,31). The maximum Gasteiger partial charge on any atom is 0.223 e. The van der Waals surface area contributed by atoms with Crippen molar-refractivity contribution in [3.8, 4) is 0 Å². The number of guanidine groups is 1. The van der Waals surface area contributed by atoms with Crippen molar-refractivity contribution in [1.29, 1.82) is 0 Å². The number of carbonyl (C=O) groups excluding carboxylic acids is 1. The number of hydrogen-bond acceptors (Lipinski definition) is 6. The van der Waals surface area contributed by atoms with Gasteiger partial charge < -0.3 is 26.0 Å². The lowest BCUT2D eigenvalue weighted by Crippen LogP contribution is -2.47. The molecule has 2 heterocycles. The van der Waals surface area contributed by atoms with Crippen LogP contribution in [-0.2, 0) is 9.53 Å². The third-order valence-corrected chi connectivity index (χ3v) is 9.12. The minimum atomic E-state index is 0.0966. The van der Waals surface area contributed by atoms with Crippen molar-refractivity contribution < 1.29 is 9.53 Å². The Morgan fingerprint density at radius 2 is 2.00 bits per heavy atom. The number of aliphatic imine (C=N–C) groups is 1. The molecule has 2 saturated carbocycles. The third-order valence-electron chi connectivity index (χ3n) is 8.62. The van der Waals surface area contributed by atoms with E-state index >= 15 is 0 Å². The second-order valence-corrected chi connectivity index (χ2v) is 11.5. The maximum atomic E-state index is 13.3. The predicted molar refractivity (Wildman–Crippen MR) is 134 cm³/mol. The smallest absolute Gasteiger partial charge is 0.223 e. The van der Waals surface area contributed by atoms with E-state index in [9.17, 15) is 4.79 Å². The summed E-state index contributed by atoms with van der Waals surface area (Å²) in [6, 6.07) is 0. The van der Waals surface area contributed by atoms with Crippen LogP contribution in [0.3, 0.4) is 0 Å². The molecule has 8 atom stereocenters. The summed E-state index contributed by atoms with van der Waals surface area (Å²) in [5, 5.41) is 13.9. The van der Waals surface area contributed by atoms with Crippen molar-refractivity contribution in [2.75, 3.05) is 46.4 Å². The number of alkyl halides is 1. The maximum absolute atomic E-state index is 13.3. The van der Waals surface area contributed by atoms with Gasteiger partial charge in [0, 0.05) is 32.7 Å². The van der Waals surface area contributed by atoms with E-state index in [1.165, 1.54) is 12.8 Å². The van der Waals surface area contributed by atoms with Crippen molar-refractivity contribution >= 4 is 23.5 Å². The molecule has 7 nitrogen and oxygen atoms in total. The van der Waals surface area contributed by atoms with E-state index in [2.05, 4.69) is 33.2 Å². The van der Waals surface area contributed by atoms with Gasteiger partial charge >= 0.3 is 0 Å². The number of hydrogen-bond donors (Lipinski definition) is 4. The zero-order chi connectivity index (χ0) is 23.2. The molecule has 4 rings (SSSR count). The number of halogens is 1. The molecule has 1 amide bonds. The van der Waals surface area contributed by atoms with Crippen LogP contribution in [-0.4, -0.2) is 69.7 Å². The molecule has 8 heteroatoms. The summed E-state index contributed by atoms with van der Waals surface area (Å²) in [4.78, 5) is 17.8. The second-order valence-electron chi connectivity index (χ2n) is 10.9. The van der Waals surface area contributed by atoms with E-state index in [0.29, 0.717) is 23.7 Å². The molecule has 0 aromatic carbocycles. The van der Waals surface area contributed by atoms with Gasteiger partial charge in [0.15, 0.2) is 5.96 Å². The number of rotatable bonds is 7. The Morgan fingerprint density at radius 3 is 2.76 bits per heavy atom. The molecule has 0 radical (unpaired) electrons. The van der Waals surface area contributed by atoms with Gasteiger partial charge in [-0.05, 0) is 87.6 Å². The van der Waals surface area contributed by atoms with Crippen molar-refractivity contribution in [1.82, 2.24) is 21.3 Å². The van der Waals surface area contributed by atoms with Gasteiger partial charge in [0.05, 0.1) is 18.0 Å². The molecule has 4 N–H and O–H groups in total. The predicted octanol–water partition coefficient (Wildman–Crippen LogP) is 2.35. The van der Waals surface area contributed by atoms with E-state index in [-0.39, 0.29) is 23.3 Å². The molecule has 2 aliphatic carbocycles. The van der Waals surface area contributed by atoms with Crippen LogP contribution >= 0.6 is 11.6 Å². The number of methoxy groups -OCH3 is 1. The van der Waals surface area contributed by atoms with E-state index < -0.39 is 0 Å². The molecule has 1 saturated heterocycles. The first-order chi connectivity index (χ1) is 16.0. The highest BCUT2D eigenvalue weighted by atomic mass is 35.5. The molecule has 3 fully saturated rings. The Balaban J connectivity index is 1.34. The summed E-state index contributed by atoms with van der Waals surface area (Å²) in [5.74, 6) is 4.23. The van der Waals surface area contributed by atoms with E-state index in [1.54, 1.807) is 7.11 Å². The molecular formula is C25H44ClN5O2. The summed E-state index contributed by atoms with van der Waals surface area (Å²) >= 11 is 6.39. The Morgan fingerprint density at radius 1 is 1.12 bits per heavy atom. The van der Waals surface area contributed by atoms with Crippen molar-refractivity contribution in [2.24, 2.45) is 40.5 Å². The molecular weight excluding hydrogens is 438 g/mol. The van der Waals surface area contributed by atoms with Crippen molar-refractivity contribution in [3.63, 3.8) is 0 Å².